The van der Waals surface area contributed by atoms with E-state index >= 15 is 0 Å². The molecule has 31 heavy (non-hydrogen) atoms. The van der Waals surface area contributed by atoms with E-state index in [1.54, 1.807) is 0 Å². The number of carbonyl (C=O) groups is 2. The highest BCUT2D eigenvalue weighted by Gasteiger charge is 2.45. The Morgan fingerprint density at radius 3 is 2.13 bits per heavy atom. The van der Waals surface area contributed by atoms with E-state index in [0.29, 0.717) is 5.82 Å². The summed E-state index contributed by atoms with van der Waals surface area (Å²) in [5, 5.41) is 12.8. The second kappa shape index (κ2) is 8.20. The third kappa shape index (κ3) is 3.96. The smallest absolute Gasteiger partial charge is 0.221 e. The molecular weight excluding hydrogens is 456 g/mol. The lowest BCUT2D eigenvalue weighted by molar-refractivity contribution is -0.124. The fourth-order valence-electron chi connectivity index (χ4n) is 4.12. The van der Waals surface area contributed by atoms with Crippen molar-refractivity contribution in [3.63, 3.8) is 0 Å². The van der Waals surface area contributed by atoms with Gasteiger partial charge in [-0.3, -0.25) is 9.59 Å². The molecule has 0 aromatic heterocycles. The van der Waals surface area contributed by atoms with Crippen LogP contribution in [-0.2, 0) is 15.1 Å². The molecule has 1 saturated carbocycles. The monoisotopic (exact) mass is 478 g/mol. The molecule has 2 aromatic carbocycles. The van der Waals surface area contributed by atoms with E-state index in [4.69, 9.17) is 0 Å². The second-order valence-corrected chi connectivity index (χ2v) is 8.89. The Kier molecular flexibility index (Phi) is 5.59. The minimum absolute atomic E-state index is 0.00727. The molecule has 0 saturated heterocycles. The Balaban J connectivity index is 1.44. The summed E-state index contributed by atoms with van der Waals surface area (Å²) in [6.07, 6.45) is 1.81. The highest BCUT2D eigenvalue weighted by Crippen LogP contribution is 2.46. The Morgan fingerprint density at radius 2 is 1.61 bits per heavy atom. The molecule has 2 aromatic rings. The zero-order valence-corrected chi connectivity index (χ0v) is 19.1. The first kappa shape index (κ1) is 21.1. The van der Waals surface area contributed by atoms with Crippen molar-refractivity contribution in [3.05, 3.63) is 70.0 Å². The van der Waals surface area contributed by atoms with Crippen LogP contribution in [0.3, 0.4) is 0 Å². The van der Waals surface area contributed by atoms with Crippen LogP contribution in [-0.4, -0.2) is 25.8 Å². The third-order valence-corrected chi connectivity index (χ3v) is 6.49. The van der Waals surface area contributed by atoms with Gasteiger partial charge in [0.1, 0.15) is 17.5 Å². The van der Waals surface area contributed by atoms with Gasteiger partial charge in [-0.25, -0.2) is 0 Å². The van der Waals surface area contributed by atoms with Gasteiger partial charge in [0, 0.05) is 31.4 Å². The second-order valence-electron chi connectivity index (χ2n) is 7.98. The molecule has 1 aliphatic carbocycles. The van der Waals surface area contributed by atoms with Gasteiger partial charge in [-0.2, -0.15) is 5.26 Å². The maximum atomic E-state index is 12.9. The number of anilines is 2. The van der Waals surface area contributed by atoms with E-state index in [1.165, 1.54) is 0 Å². The fraction of sp³-hybridized carbons (Fsp3) is 0.292. The van der Waals surface area contributed by atoms with Gasteiger partial charge in [-0.15, -0.1) is 0 Å². The molecule has 1 fully saturated rings. The van der Waals surface area contributed by atoms with Gasteiger partial charge in [-0.1, -0.05) is 40.2 Å². The summed E-state index contributed by atoms with van der Waals surface area (Å²) in [7, 11) is 3.67. The summed E-state index contributed by atoms with van der Waals surface area (Å²) in [5.41, 5.74) is 2.68. The zero-order valence-electron chi connectivity index (χ0n) is 17.5. The van der Waals surface area contributed by atoms with Gasteiger partial charge in [-0.05, 0) is 42.7 Å². The normalized spacial score (nSPS) is 15.9. The van der Waals surface area contributed by atoms with E-state index < -0.39 is 0 Å². The van der Waals surface area contributed by atoms with Crippen LogP contribution in [0.1, 0.15) is 31.2 Å². The molecule has 6 nitrogen and oxygen atoms in total. The topological polar surface area (TPSA) is 76.4 Å². The average molecular weight is 479 g/mol. The summed E-state index contributed by atoms with van der Waals surface area (Å²) < 4.78 is 0.991. The lowest BCUT2D eigenvalue weighted by Crippen LogP contribution is -2.35. The number of nitriles is 1. The largest absolute Gasteiger partial charge is 0.347 e. The van der Waals surface area contributed by atoms with Crippen LogP contribution in [0, 0.1) is 11.3 Å². The third-order valence-electron chi connectivity index (χ3n) is 5.96. The predicted octanol–water partition coefficient (Wildman–Crippen LogP) is 4.23. The lowest BCUT2D eigenvalue weighted by atomic mass is 10.0. The Morgan fingerprint density at radius 1 is 1.03 bits per heavy atom. The van der Waals surface area contributed by atoms with Gasteiger partial charge < -0.3 is 15.1 Å². The van der Waals surface area contributed by atoms with Gasteiger partial charge in [0.05, 0.1) is 16.9 Å². The first-order valence-corrected chi connectivity index (χ1v) is 11.0. The van der Waals surface area contributed by atoms with E-state index in [-0.39, 0.29) is 35.6 Å². The fourth-order valence-corrected chi connectivity index (χ4v) is 4.38. The van der Waals surface area contributed by atoms with Crippen molar-refractivity contribution >= 4 is 39.0 Å². The highest BCUT2D eigenvalue weighted by atomic mass is 79.9. The molecule has 1 N–H and O–H groups in total. The molecular formula is C24H23BrN4O2. The molecule has 7 heteroatoms. The first-order chi connectivity index (χ1) is 14.9. The summed E-state index contributed by atoms with van der Waals surface area (Å²) in [6, 6.07) is 17.7. The van der Waals surface area contributed by atoms with Crippen molar-refractivity contribution in [2.75, 3.05) is 23.9 Å². The van der Waals surface area contributed by atoms with Crippen LogP contribution >= 0.6 is 15.9 Å². The minimum Gasteiger partial charge on any atom is -0.347 e. The van der Waals surface area contributed by atoms with E-state index in [0.717, 1.165) is 34.3 Å². The summed E-state index contributed by atoms with van der Waals surface area (Å²) >= 11 is 3.43. The van der Waals surface area contributed by atoms with Gasteiger partial charge >= 0.3 is 0 Å². The van der Waals surface area contributed by atoms with Gasteiger partial charge in [0.25, 0.3) is 0 Å². The van der Waals surface area contributed by atoms with E-state index in [1.807, 2.05) is 72.4 Å². The van der Waals surface area contributed by atoms with E-state index in [2.05, 4.69) is 27.3 Å². The molecule has 0 bridgehead atoms. The predicted molar refractivity (Wildman–Crippen MR) is 123 cm³/mol. The maximum Gasteiger partial charge on any atom is 0.221 e. The number of carbonyl (C=O) groups excluding carboxylic acids is 2. The number of rotatable bonds is 6. The van der Waals surface area contributed by atoms with Crippen LogP contribution in [0.25, 0.3) is 0 Å². The quantitative estimate of drug-likeness (QED) is 0.496. The van der Waals surface area contributed by atoms with Crippen molar-refractivity contribution in [1.29, 1.82) is 5.26 Å². The van der Waals surface area contributed by atoms with Crippen molar-refractivity contribution in [2.45, 2.75) is 31.2 Å². The van der Waals surface area contributed by atoms with Crippen molar-refractivity contribution < 1.29 is 9.59 Å². The number of allylic oxidation sites excluding steroid dienone is 1. The number of benzene rings is 2. The van der Waals surface area contributed by atoms with Crippen LogP contribution in [0.5, 0.6) is 0 Å². The zero-order chi connectivity index (χ0) is 22.2. The minimum atomic E-state index is -0.328. The number of ketones is 1. The number of para-hydroxylation sites is 2. The number of fused-ring (bicyclic) bond motifs is 1. The van der Waals surface area contributed by atoms with Crippen LogP contribution in [0.4, 0.5) is 11.4 Å². The van der Waals surface area contributed by atoms with Crippen molar-refractivity contribution in [3.8, 4) is 6.07 Å². The number of nitrogens with one attached hydrogen (secondary N) is 1. The summed E-state index contributed by atoms with van der Waals surface area (Å²) in [6.45, 7) is 0. The Bertz CT molecular complexity index is 1080. The molecule has 0 atom stereocenters. The Labute approximate surface area is 190 Å². The number of nitrogens with zero attached hydrogens (tertiary/aromatic N) is 3. The molecule has 1 amide bonds. The molecule has 0 spiro atoms. The molecule has 0 unspecified atom stereocenters. The molecule has 2 aliphatic rings. The molecule has 0 radical (unpaired) electrons. The summed E-state index contributed by atoms with van der Waals surface area (Å²) in [5.74, 6) is 0.0442. The SMILES string of the molecule is CN1C(=C(C#N)C(=O)CCC(=O)NC2(c3ccc(Br)cc3)CC2)N(C)c2ccccc21. The number of hydrogen-bond donors (Lipinski definition) is 1. The number of halogens is 1. The lowest BCUT2D eigenvalue weighted by Gasteiger charge is -2.20. The highest BCUT2D eigenvalue weighted by molar-refractivity contribution is 9.10. The van der Waals surface area contributed by atoms with Crippen molar-refractivity contribution in [2.24, 2.45) is 0 Å². The maximum absolute atomic E-state index is 12.9. The average Bonchev–Trinajstić information content (AvgIpc) is 3.50. The molecule has 1 aliphatic heterocycles. The summed E-state index contributed by atoms with van der Waals surface area (Å²) in [4.78, 5) is 29.2. The number of Topliss-reactive ketones (excluding diaryl/α,β-unsaturated/α-hetero) is 1. The molecule has 1 heterocycles. The first-order valence-electron chi connectivity index (χ1n) is 10.2. The standard InChI is InChI=1S/C24H23BrN4O2/c1-28-19-5-3-4-6-20(19)29(2)23(28)18(15-26)21(30)11-12-22(31)27-24(13-14-24)16-7-9-17(25)10-8-16/h3-10H,11-14H2,1-2H3,(H,27,31). The number of amides is 1. The van der Waals surface area contributed by atoms with Crippen LogP contribution < -0.4 is 15.1 Å². The van der Waals surface area contributed by atoms with E-state index in [9.17, 15) is 14.9 Å². The Hall–Kier alpha value is -3.11. The van der Waals surface area contributed by atoms with Crippen LogP contribution in [0.15, 0.2) is 64.4 Å². The number of hydrogen-bond acceptors (Lipinski definition) is 5. The van der Waals surface area contributed by atoms with Gasteiger partial charge in [0.15, 0.2) is 5.78 Å². The molecule has 4 rings (SSSR count). The molecule has 158 valence electrons. The van der Waals surface area contributed by atoms with Crippen LogP contribution in [0.2, 0.25) is 0 Å². The van der Waals surface area contributed by atoms with Gasteiger partial charge in [0.2, 0.25) is 5.91 Å². The van der Waals surface area contributed by atoms with Crippen molar-refractivity contribution in [1.82, 2.24) is 5.32 Å².